The molecule has 0 aliphatic carbocycles. The van der Waals surface area contributed by atoms with Gasteiger partial charge in [-0.25, -0.2) is 0 Å². The molecule has 6 nitrogen and oxygen atoms in total. The van der Waals surface area contributed by atoms with Crippen molar-refractivity contribution in [3.05, 3.63) is 52.5 Å². The monoisotopic (exact) mass is 295 g/mol. The number of H-pyrrole nitrogens is 1. The third kappa shape index (κ3) is 2.07. The summed E-state index contributed by atoms with van der Waals surface area (Å²) in [6, 6.07) is 10.2. The van der Waals surface area contributed by atoms with Crippen molar-refractivity contribution in [2.24, 2.45) is 5.73 Å². The molecule has 1 aromatic carbocycles. The van der Waals surface area contributed by atoms with E-state index >= 15 is 0 Å². The average molecular weight is 295 g/mol. The van der Waals surface area contributed by atoms with Crippen LogP contribution in [0.25, 0.3) is 0 Å². The Morgan fingerprint density at radius 1 is 1.32 bits per heavy atom. The fraction of sp³-hybridized carbons (Fsp3) is 0.250. The maximum absolute atomic E-state index is 9.48. The minimum absolute atomic E-state index is 0.114. The van der Waals surface area contributed by atoms with E-state index in [1.165, 1.54) is 0 Å². The number of aryl methyl sites for hydroxylation is 1. The Hall–Kier alpha value is -2.94. The van der Waals surface area contributed by atoms with Gasteiger partial charge >= 0.3 is 0 Å². The van der Waals surface area contributed by atoms with Crippen LogP contribution in [0.3, 0.4) is 0 Å². The highest BCUT2D eigenvalue weighted by molar-refractivity contribution is 5.57. The first-order valence-corrected chi connectivity index (χ1v) is 6.92. The highest BCUT2D eigenvalue weighted by Gasteiger charge is 2.34. The van der Waals surface area contributed by atoms with Crippen LogP contribution in [0.1, 0.15) is 22.7 Å². The number of aromatic amines is 1. The summed E-state index contributed by atoms with van der Waals surface area (Å²) < 4.78 is 5.45. The van der Waals surface area contributed by atoms with Gasteiger partial charge in [-0.2, -0.15) is 5.26 Å². The summed E-state index contributed by atoms with van der Waals surface area (Å²) in [6.45, 7) is 1.91. The highest BCUT2D eigenvalue weighted by atomic mass is 16.5. The van der Waals surface area contributed by atoms with Crippen molar-refractivity contribution in [1.82, 2.24) is 10.2 Å². The van der Waals surface area contributed by atoms with Crippen molar-refractivity contribution in [3.63, 3.8) is 0 Å². The van der Waals surface area contributed by atoms with E-state index in [0.717, 1.165) is 22.5 Å². The number of hydrogen-bond donors (Lipinski definition) is 2. The molecule has 0 amide bonds. The normalized spacial score (nSPS) is 16.7. The van der Waals surface area contributed by atoms with E-state index in [4.69, 9.17) is 10.5 Å². The second kappa shape index (κ2) is 5.11. The molecular formula is C16H17N5O. The lowest BCUT2D eigenvalue weighted by Gasteiger charge is -2.24. The number of rotatable bonds is 2. The minimum atomic E-state index is -0.260. The van der Waals surface area contributed by atoms with Crippen LogP contribution in [0.5, 0.6) is 5.88 Å². The Bertz CT molecular complexity index is 780. The van der Waals surface area contributed by atoms with Gasteiger partial charge in [0.15, 0.2) is 0 Å². The molecule has 1 atom stereocenters. The number of nitrogens with zero attached hydrogens (tertiary/aromatic N) is 3. The molecule has 2 heterocycles. The molecule has 0 unspecified atom stereocenters. The number of allylic oxidation sites excluding steroid dienone is 1. The van der Waals surface area contributed by atoms with Crippen molar-refractivity contribution in [3.8, 4) is 11.9 Å². The summed E-state index contributed by atoms with van der Waals surface area (Å²) in [5.74, 6) is 0.294. The fourth-order valence-electron chi connectivity index (χ4n) is 2.70. The molecule has 1 aliphatic rings. The molecule has 1 aliphatic heterocycles. The summed E-state index contributed by atoms with van der Waals surface area (Å²) in [6.07, 6.45) is 0. The third-order valence-electron chi connectivity index (χ3n) is 3.87. The molecule has 1 aromatic heterocycles. The zero-order chi connectivity index (χ0) is 15.9. The largest absolute Gasteiger partial charge is 0.420 e. The molecule has 6 heteroatoms. The van der Waals surface area contributed by atoms with Crippen LogP contribution < -0.4 is 15.4 Å². The average Bonchev–Trinajstić information content (AvgIpc) is 2.87. The van der Waals surface area contributed by atoms with Crippen LogP contribution in [0, 0.1) is 18.3 Å². The van der Waals surface area contributed by atoms with E-state index in [9.17, 15) is 5.26 Å². The van der Waals surface area contributed by atoms with Gasteiger partial charge in [0.25, 0.3) is 0 Å². The second-order valence-corrected chi connectivity index (χ2v) is 5.48. The van der Waals surface area contributed by atoms with Gasteiger partial charge < -0.3 is 15.4 Å². The molecule has 0 saturated carbocycles. The van der Waals surface area contributed by atoms with E-state index in [1.807, 2.05) is 50.2 Å². The van der Waals surface area contributed by atoms with Crippen LogP contribution in [0.2, 0.25) is 0 Å². The smallest absolute Gasteiger partial charge is 0.244 e. The fourth-order valence-corrected chi connectivity index (χ4v) is 2.70. The van der Waals surface area contributed by atoms with Crippen LogP contribution in [0.4, 0.5) is 5.69 Å². The Kier molecular flexibility index (Phi) is 3.26. The van der Waals surface area contributed by atoms with Gasteiger partial charge in [0.1, 0.15) is 11.6 Å². The lowest BCUT2D eigenvalue weighted by Crippen LogP contribution is -2.21. The van der Waals surface area contributed by atoms with Gasteiger partial charge in [0.05, 0.1) is 5.92 Å². The molecule has 0 fully saturated rings. The molecule has 112 valence electrons. The molecule has 3 N–H and O–H groups in total. The van der Waals surface area contributed by atoms with Gasteiger partial charge in [-0.05, 0) is 24.6 Å². The number of nitriles is 1. The topological polar surface area (TPSA) is 91.0 Å². The zero-order valence-corrected chi connectivity index (χ0v) is 12.7. The Morgan fingerprint density at radius 3 is 2.59 bits per heavy atom. The van der Waals surface area contributed by atoms with E-state index in [0.29, 0.717) is 11.5 Å². The summed E-state index contributed by atoms with van der Waals surface area (Å²) in [5.41, 5.74) is 10.1. The summed E-state index contributed by atoms with van der Waals surface area (Å²) in [5, 5.41) is 16.5. The first-order valence-electron chi connectivity index (χ1n) is 6.92. The number of nitrogens with two attached hydrogens (primary N) is 1. The molecule has 2 aromatic rings. The van der Waals surface area contributed by atoms with Crippen LogP contribution in [-0.4, -0.2) is 24.3 Å². The van der Waals surface area contributed by atoms with Crippen LogP contribution >= 0.6 is 0 Å². The summed E-state index contributed by atoms with van der Waals surface area (Å²) >= 11 is 0. The quantitative estimate of drug-likeness (QED) is 0.884. The second-order valence-electron chi connectivity index (χ2n) is 5.48. The molecule has 22 heavy (non-hydrogen) atoms. The van der Waals surface area contributed by atoms with Crippen molar-refractivity contribution in [1.29, 1.82) is 5.26 Å². The van der Waals surface area contributed by atoms with Gasteiger partial charge in [0, 0.05) is 31.0 Å². The van der Waals surface area contributed by atoms with Crippen molar-refractivity contribution < 1.29 is 4.74 Å². The minimum Gasteiger partial charge on any atom is -0.420 e. The first-order chi connectivity index (χ1) is 10.5. The van der Waals surface area contributed by atoms with E-state index in [1.54, 1.807) is 0 Å². The molecule has 0 saturated heterocycles. The lowest BCUT2D eigenvalue weighted by atomic mass is 9.84. The van der Waals surface area contributed by atoms with E-state index in [-0.39, 0.29) is 11.8 Å². The first kappa shape index (κ1) is 14.0. The van der Waals surface area contributed by atoms with Crippen molar-refractivity contribution >= 4 is 5.69 Å². The zero-order valence-electron chi connectivity index (χ0n) is 12.7. The number of hydrogen-bond acceptors (Lipinski definition) is 5. The van der Waals surface area contributed by atoms with Crippen LogP contribution in [0.15, 0.2) is 35.7 Å². The predicted molar refractivity (Wildman–Crippen MR) is 83.4 cm³/mol. The molecule has 0 bridgehead atoms. The van der Waals surface area contributed by atoms with Crippen molar-refractivity contribution in [2.75, 3.05) is 19.0 Å². The number of aromatic nitrogens is 2. The Morgan fingerprint density at radius 2 is 2.00 bits per heavy atom. The predicted octanol–water partition coefficient (Wildman–Crippen LogP) is 2.00. The van der Waals surface area contributed by atoms with E-state index < -0.39 is 0 Å². The molecular weight excluding hydrogens is 278 g/mol. The standard InChI is InChI=1S/C16H17N5O/c1-9-13-14(10-4-6-11(7-5-10)21(2)3)12(8-17)15(18)22-16(13)20-19-9/h4-7,14H,18H2,1-3H3,(H,19,20)/t14-/m0/s1. The number of nitrogens with one attached hydrogen (secondary N) is 1. The van der Waals surface area contributed by atoms with E-state index in [2.05, 4.69) is 16.3 Å². The number of benzene rings is 1. The maximum Gasteiger partial charge on any atom is 0.244 e. The van der Waals surface area contributed by atoms with Gasteiger partial charge in [-0.15, -0.1) is 5.10 Å². The Labute approximate surface area is 128 Å². The molecule has 0 spiro atoms. The summed E-state index contributed by atoms with van der Waals surface area (Å²) in [7, 11) is 3.97. The Balaban J connectivity index is 2.14. The maximum atomic E-state index is 9.48. The van der Waals surface area contributed by atoms with Gasteiger partial charge in [-0.3, -0.25) is 5.10 Å². The lowest BCUT2D eigenvalue weighted by molar-refractivity contribution is 0.379. The van der Waals surface area contributed by atoms with Crippen LogP contribution in [-0.2, 0) is 0 Å². The molecule has 3 rings (SSSR count). The number of ether oxygens (including phenoxy) is 1. The summed E-state index contributed by atoms with van der Waals surface area (Å²) in [4.78, 5) is 2.03. The number of fused-ring (bicyclic) bond motifs is 1. The SMILES string of the molecule is Cc1[nH]nc2c1[C@@H](c1ccc(N(C)C)cc1)C(C#N)=C(N)O2. The highest BCUT2D eigenvalue weighted by Crippen LogP contribution is 2.42. The third-order valence-corrected chi connectivity index (χ3v) is 3.87. The van der Waals surface area contributed by atoms with Crippen molar-refractivity contribution in [2.45, 2.75) is 12.8 Å². The number of anilines is 1. The van der Waals surface area contributed by atoms with Gasteiger partial charge in [0.2, 0.25) is 11.8 Å². The van der Waals surface area contributed by atoms with Gasteiger partial charge in [-0.1, -0.05) is 12.1 Å². The molecule has 0 radical (unpaired) electrons.